The summed E-state index contributed by atoms with van der Waals surface area (Å²) in [6.07, 6.45) is -1.27. The smallest absolute Gasteiger partial charge is 0.355 e. The Bertz CT molecular complexity index is 588. The summed E-state index contributed by atoms with van der Waals surface area (Å²) >= 11 is 0. The minimum Gasteiger partial charge on any atom is -0.355 e. The zero-order valence-corrected chi connectivity index (χ0v) is 15.0. The van der Waals surface area contributed by atoms with E-state index in [2.05, 4.69) is 16.0 Å². The van der Waals surface area contributed by atoms with Gasteiger partial charge in [0.25, 0.3) is 5.91 Å². The van der Waals surface area contributed by atoms with E-state index in [1.54, 1.807) is 0 Å². The summed E-state index contributed by atoms with van der Waals surface area (Å²) in [4.78, 5) is 23.6. The van der Waals surface area contributed by atoms with Crippen molar-refractivity contribution in [2.45, 2.75) is 25.4 Å². The van der Waals surface area contributed by atoms with Gasteiger partial charge in [-0.3, -0.25) is 9.59 Å². The third-order valence-electron chi connectivity index (χ3n) is 4.16. The van der Waals surface area contributed by atoms with Gasteiger partial charge in [0, 0.05) is 12.1 Å². The normalized spacial score (nSPS) is 17.1. The summed E-state index contributed by atoms with van der Waals surface area (Å²) in [5, 5.41) is 8.44. The molecule has 1 aromatic carbocycles. The van der Waals surface area contributed by atoms with Crippen molar-refractivity contribution >= 4 is 24.2 Å². The van der Waals surface area contributed by atoms with Crippen LogP contribution >= 0.6 is 12.4 Å². The Labute approximate surface area is 156 Å². The van der Waals surface area contributed by atoms with E-state index in [0.29, 0.717) is 12.5 Å². The van der Waals surface area contributed by atoms with Gasteiger partial charge in [-0.05, 0) is 62.5 Å². The van der Waals surface area contributed by atoms with Gasteiger partial charge in [-0.1, -0.05) is 0 Å². The van der Waals surface area contributed by atoms with Crippen molar-refractivity contribution in [2.75, 3.05) is 26.2 Å². The molecule has 1 aliphatic rings. The molecule has 1 aromatic rings. The molecular weight excluding hydrogens is 371 g/mol. The van der Waals surface area contributed by atoms with Crippen molar-refractivity contribution in [3.8, 4) is 0 Å². The molecule has 0 bridgehead atoms. The standard InChI is InChI=1S/C17H22F3N3O2.ClH/c18-17(19,20)14-5-3-13(4-6-14)16(25)23-11-15(24)22-9-7-12-2-1-8-21-10-12;/h3-6,12,21H,1-2,7-11H2,(H,22,24)(H,23,25);1H. The van der Waals surface area contributed by atoms with Crippen LogP contribution in [-0.4, -0.2) is 38.0 Å². The van der Waals surface area contributed by atoms with Crippen molar-refractivity contribution < 1.29 is 22.8 Å². The molecule has 0 spiro atoms. The Hall–Kier alpha value is -1.80. The molecule has 1 atom stereocenters. The van der Waals surface area contributed by atoms with E-state index in [1.807, 2.05) is 0 Å². The molecule has 1 aliphatic heterocycles. The summed E-state index contributed by atoms with van der Waals surface area (Å²) < 4.78 is 37.4. The number of alkyl halides is 3. The molecule has 1 saturated heterocycles. The maximum absolute atomic E-state index is 12.5. The van der Waals surface area contributed by atoms with E-state index in [0.717, 1.165) is 56.6 Å². The first-order chi connectivity index (χ1) is 11.9. The zero-order chi connectivity index (χ0) is 18.3. The van der Waals surface area contributed by atoms with E-state index in [-0.39, 0.29) is 30.4 Å². The van der Waals surface area contributed by atoms with E-state index in [4.69, 9.17) is 0 Å². The molecule has 0 radical (unpaired) electrons. The first kappa shape index (κ1) is 22.2. The van der Waals surface area contributed by atoms with Crippen molar-refractivity contribution in [2.24, 2.45) is 5.92 Å². The minimum atomic E-state index is -4.44. The molecule has 146 valence electrons. The minimum absolute atomic E-state index is 0. The number of hydrogen-bond donors (Lipinski definition) is 3. The van der Waals surface area contributed by atoms with E-state index in [9.17, 15) is 22.8 Å². The summed E-state index contributed by atoms with van der Waals surface area (Å²) in [6.45, 7) is 2.34. The second kappa shape index (κ2) is 10.4. The van der Waals surface area contributed by atoms with Gasteiger partial charge >= 0.3 is 6.18 Å². The van der Waals surface area contributed by atoms with Crippen LogP contribution in [0.4, 0.5) is 13.2 Å². The SMILES string of the molecule is Cl.O=C(CNC(=O)c1ccc(C(F)(F)F)cc1)NCCC1CCCNC1. The average molecular weight is 394 g/mol. The van der Waals surface area contributed by atoms with Gasteiger partial charge in [-0.25, -0.2) is 0 Å². The molecule has 9 heteroatoms. The highest BCUT2D eigenvalue weighted by atomic mass is 35.5. The van der Waals surface area contributed by atoms with Crippen LogP contribution in [-0.2, 0) is 11.0 Å². The van der Waals surface area contributed by atoms with Crippen LogP contribution in [0.5, 0.6) is 0 Å². The van der Waals surface area contributed by atoms with Gasteiger partial charge in [0.1, 0.15) is 0 Å². The van der Waals surface area contributed by atoms with Gasteiger partial charge in [-0.2, -0.15) is 13.2 Å². The van der Waals surface area contributed by atoms with E-state index < -0.39 is 17.6 Å². The lowest BCUT2D eigenvalue weighted by molar-refractivity contribution is -0.137. The number of hydrogen-bond acceptors (Lipinski definition) is 3. The molecule has 0 aromatic heterocycles. The molecule has 2 amide bonds. The quantitative estimate of drug-likeness (QED) is 0.695. The summed E-state index contributed by atoms with van der Waals surface area (Å²) in [7, 11) is 0. The molecular formula is C17H23ClF3N3O2. The van der Waals surface area contributed by atoms with Crippen LogP contribution < -0.4 is 16.0 Å². The Morgan fingerprint density at radius 1 is 1.15 bits per heavy atom. The second-order valence-electron chi connectivity index (χ2n) is 6.11. The lowest BCUT2D eigenvalue weighted by atomic mass is 9.96. The number of benzene rings is 1. The fourth-order valence-electron chi connectivity index (χ4n) is 2.72. The highest BCUT2D eigenvalue weighted by Gasteiger charge is 2.30. The topological polar surface area (TPSA) is 70.2 Å². The number of carbonyl (C=O) groups is 2. The molecule has 26 heavy (non-hydrogen) atoms. The summed E-state index contributed by atoms with van der Waals surface area (Å²) in [5.41, 5.74) is -0.743. The Balaban J connectivity index is 0.00000338. The summed E-state index contributed by atoms with van der Waals surface area (Å²) in [5.74, 6) is -0.347. The number of amides is 2. The predicted molar refractivity (Wildman–Crippen MR) is 94.2 cm³/mol. The maximum atomic E-state index is 12.5. The molecule has 5 nitrogen and oxygen atoms in total. The van der Waals surface area contributed by atoms with Crippen molar-refractivity contribution in [1.29, 1.82) is 0 Å². The van der Waals surface area contributed by atoms with Crippen LogP contribution in [0, 0.1) is 5.92 Å². The highest BCUT2D eigenvalue weighted by Crippen LogP contribution is 2.29. The van der Waals surface area contributed by atoms with Crippen LogP contribution in [0.2, 0.25) is 0 Å². The van der Waals surface area contributed by atoms with E-state index >= 15 is 0 Å². The number of piperidine rings is 1. The van der Waals surface area contributed by atoms with Gasteiger partial charge < -0.3 is 16.0 Å². The fourth-order valence-corrected chi connectivity index (χ4v) is 2.72. The zero-order valence-electron chi connectivity index (χ0n) is 14.2. The third kappa shape index (κ3) is 7.21. The van der Waals surface area contributed by atoms with Gasteiger partial charge in [0.15, 0.2) is 0 Å². The number of carbonyl (C=O) groups excluding carboxylic acids is 2. The lowest BCUT2D eigenvalue weighted by Crippen LogP contribution is -2.38. The molecule has 0 aliphatic carbocycles. The molecule has 0 saturated carbocycles. The molecule has 1 fully saturated rings. The van der Waals surface area contributed by atoms with Crippen molar-refractivity contribution in [3.63, 3.8) is 0 Å². The molecule has 1 heterocycles. The van der Waals surface area contributed by atoms with Gasteiger partial charge in [0.2, 0.25) is 5.91 Å². The predicted octanol–water partition coefficient (Wildman–Crippen LogP) is 2.36. The Morgan fingerprint density at radius 3 is 2.42 bits per heavy atom. The molecule has 2 rings (SSSR count). The lowest BCUT2D eigenvalue weighted by Gasteiger charge is -2.22. The fraction of sp³-hybridized carbons (Fsp3) is 0.529. The second-order valence-corrected chi connectivity index (χ2v) is 6.11. The highest BCUT2D eigenvalue weighted by molar-refractivity contribution is 5.96. The number of nitrogens with one attached hydrogen (secondary N) is 3. The molecule has 1 unspecified atom stereocenters. The van der Waals surface area contributed by atoms with Gasteiger partial charge in [-0.15, -0.1) is 12.4 Å². The van der Waals surface area contributed by atoms with Crippen LogP contribution in [0.3, 0.4) is 0 Å². The monoisotopic (exact) mass is 393 g/mol. The average Bonchev–Trinajstić information content (AvgIpc) is 2.60. The number of rotatable bonds is 6. The molecule has 3 N–H and O–H groups in total. The van der Waals surface area contributed by atoms with Crippen LogP contribution in [0.25, 0.3) is 0 Å². The first-order valence-electron chi connectivity index (χ1n) is 8.29. The Kier molecular flexibility index (Phi) is 8.87. The largest absolute Gasteiger partial charge is 0.416 e. The summed E-state index contributed by atoms with van der Waals surface area (Å²) in [6, 6.07) is 3.86. The van der Waals surface area contributed by atoms with Crippen molar-refractivity contribution in [1.82, 2.24) is 16.0 Å². The maximum Gasteiger partial charge on any atom is 0.416 e. The third-order valence-corrected chi connectivity index (χ3v) is 4.16. The first-order valence-corrected chi connectivity index (χ1v) is 8.29. The van der Waals surface area contributed by atoms with E-state index in [1.165, 1.54) is 0 Å². The van der Waals surface area contributed by atoms with Crippen LogP contribution in [0.1, 0.15) is 35.2 Å². The van der Waals surface area contributed by atoms with Crippen molar-refractivity contribution in [3.05, 3.63) is 35.4 Å². The van der Waals surface area contributed by atoms with Crippen LogP contribution in [0.15, 0.2) is 24.3 Å². The number of halogens is 4. The van der Waals surface area contributed by atoms with Gasteiger partial charge in [0.05, 0.1) is 12.1 Å². The Morgan fingerprint density at radius 2 is 1.85 bits per heavy atom.